The predicted octanol–water partition coefficient (Wildman–Crippen LogP) is 1.12. The Morgan fingerprint density at radius 1 is 1.52 bits per heavy atom. The molecule has 0 aromatic carbocycles. The minimum atomic E-state index is -0.843. The summed E-state index contributed by atoms with van der Waals surface area (Å²) in [7, 11) is 0. The van der Waals surface area contributed by atoms with Gasteiger partial charge in [-0.2, -0.15) is 5.26 Å². The number of piperidine rings is 1. The Morgan fingerprint density at radius 2 is 2.24 bits per heavy atom. The monoisotopic (exact) mass is 290 g/mol. The second-order valence-corrected chi connectivity index (χ2v) is 5.01. The van der Waals surface area contributed by atoms with Crippen molar-refractivity contribution in [3.8, 4) is 6.07 Å². The largest absolute Gasteiger partial charge is 0.481 e. The van der Waals surface area contributed by atoms with Crippen LogP contribution in [-0.2, 0) is 9.53 Å². The summed E-state index contributed by atoms with van der Waals surface area (Å²) in [4.78, 5) is 21.1. The molecule has 1 N–H and O–H groups in total. The van der Waals surface area contributed by atoms with Gasteiger partial charge in [-0.05, 0) is 25.8 Å². The van der Waals surface area contributed by atoms with E-state index in [1.165, 1.54) is 0 Å². The summed E-state index contributed by atoms with van der Waals surface area (Å²) in [5.41, 5.74) is 1.15. The van der Waals surface area contributed by atoms with Crippen molar-refractivity contribution >= 4 is 11.9 Å². The van der Waals surface area contributed by atoms with Gasteiger partial charge in [0.25, 0.3) is 0 Å². The number of hydrogen-bond acceptors (Lipinski definition) is 6. The topological polar surface area (TPSA) is 99.3 Å². The molecule has 1 aromatic heterocycles. The van der Waals surface area contributed by atoms with Gasteiger partial charge < -0.3 is 14.7 Å². The smallest absolute Gasteiger partial charge is 0.305 e. The number of carbonyl (C=O) groups is 1. The van der Waals surface area contributed by atoms with Crippen LogP contribution < -0.4 is 4.90 Å². The number of aliphatic carboxylic acids is 1. The zero-order chi connectivity index (χ0) is 15.2. The number of hydrogen-bond donors (Lipinski definition) is 1. The third-order valence-corrected chi connectivity index (χ3v) is 3.35. The van der Waals surface area contributed by atoms with E-state index in [1.807, 2.05) is 17.9 Å². The maximum atomic E-state index is 10.4. The Labute approximate surface area is 123 Å². The summed E-state index contributed by atoms with van der Waals surface area (Å²) >= 11 is 0. The van der Waals surface area contributed by atoms with Crippen molar-refractivity contribution < 1.29 is 14.6 Å². The standard InChI is InChI=1S/C14H18N4O3/c1-10-8-11(9-15)17-14(16-10)18-5-2-12(3-6-18)21-7-4-13(19)20/h8,12H,2-7H2,1H3,(H,19,20). The van der Waals surface area contributed by atoms with Gasteiger partial charge in [-0.25, -0.2) is 9.97 Å². The van der Waals surface area contributed by atoms with E-state index in [2.05, 4.69) is 9.97 Å². The van der Waals surface area contributed by atoms with Crippen LogP contribution in [0.2, 0.25) is 0 Å². The summed E-state index contributed by atoms with van der Waals surface area (Å²) in [6.45, 7) is 3.57. The lowest BCUT2D eigenvalue weighted by Crippen LogP contribution is -2.38. The van der Waals surface area contributed by atoms with Crippen LogP contribution in [0.3, 0.4) is 0 Å². The highest BCUT2D eigenvalue weighted by molar-refractivity contribution is 5.66. The van der Waals surface area contributed by atoms with Crippen molar-refractivity contribution in [3.63, 3.8) is 0 Å². The molecule has 7 nitrogen and oxygen atoms in total. The highest BCUT2D eigenvalue weighted by Gasteiger charge is 2.22. The van der Waals surface area contributed by atoms with Crippen molar-refractivity contribution in [2.75, 3.05) is 24.6 Å². The lowest BCUT2D eigenvalue weighted by Gasteiger charge is -2.32. The fraction of sp³-hybridized carbons (Fsp3) is 0.571. The number of aromatic nitrogens is 2. The van der Waals surface area contributed by atoms with E-state index in [0.29, 0.717) is 11.6 Å². The molecule has 0 amide bonds. The van der Waals surface area contributed by atoms with Crippen LogP contribution in [0.15, 0.2) is 6.07 Å². The van der Waals surface area contributed by atoms with Crippen LogP contribution >= 0.6 is 0 Å². The Balaban J connectivity index is 1.88. The normalized spacial score (nSPS) is 15.7. The van der Waals surface area contributed by atoms with Crippen molar-refractivity contribution in [2.45, 2.75) is 32.3 Å². The molecule has 0 spiro atoms. The van der Waals surface area contributed by atoms with Crippen molar-refractivity contribution in [1.29, 1.82) is 5.26 Å². The average Bonchev–Trinajstić information content (AvgIpc) is 2.47. The van der Waals surface area contributed by atoms with Crippen LogP contribution in [0.25, 0.3) is 0 Å². The van der Waals surface area contributed by atoms with E-state index in [0.717, 1.165) is 31.6 Å². The molecule has 1 aliphatic heterocycles. The first-order valence-corrected chi connectivity index (χ1v) is 6.92. The highest BCUT2D eigenvalue weighted by Crippen LogP contribution is 2.19. The molecule has 112 valence electrons. The lowest BCUT2D eigenvalue weighted by molar-refractivity contribution is -0.138. The Hall–Kier alpha value is -2.20. The first kappa shape index (κ1) is 15.2. The molecule has 21 heavy (non-hydrogen) atoms. The number of nitrogens with zero attached hydrogens (tertiary/aromatic N) is 4. The molecule has 0 atom stereocenters. The molecule has 1 fully saturated rings. The number of rotatable bonds is 5. The van der Waals surface area contributed by atoms with Crippen molar-refractivity contribution in [3.05, 3.63) is 17.5 Å². The first-order chi connectivity index (χ1) is 10.1. The Kier molecular flexibility index (Phi) is 5.06. The van der Waals surface area contributed by atoms with Crippen LogP contribution in [-0.4, -0.2) is 46.8 Å². The molecule has 1 aromatic rings. The third kappa shape index (κ3) is 4.39. The molecular weight excluding hydrogens is 272 g/mol. The van der Waals surface area contributed by atoms with Crippen molar-refractivity contribution in [2.24, 2.45) is 0 Å². The summed E-state index contributed by atoms with van der Waals surface area (Å²) in [6, 6.07) is 3.69. The van der Waals surface area contributed by atoms with Gasteiger partial charge in [-0.3, -0.25) is 4.79 Å². The van der Waals surface area contributed by atoms with Crippen LogP contribution in [0.5, 0.6) is 0 Å². The van der Waals surface area contributed by atoms with Gasteiger partial charge in [0.1, 0.15) is 11.8 Å². The molecule has 0 saturated carbocycles. The molecule has 2 heterocycles. The molecule has 1 saturated heterocycles. The second kappa shape index (κ2) is 6.99. The number of carboxylic acids is 1. The van der Waals surface area contributed by atoms with Crippen LogP contribution in [0.4, 0.5) is 5.95 Å². The minimum Gasteiger partial charge on any atom is -0.481 e. The summed E-state index contributed by atoms with van der Waals surface area (Å²) < 4.78 is 5.55. The van der Waals surface area contributed by atoms with Gasteiger partial charge in [0.05, 0.1) is 19.1 Å². The molecule has 0 bridgehead atoms. The second-order valence-electron chi connectivity index (χ2n) is 5.01. The van der Waals surface area contributed by atoms with Gasteiger partial charge in [0, 0.05) is 18.8 Å². The zero-order valence-electron chi connectivity index (χ0n) is 11.9. The van der Waals surface area contributed by atoms with Gasteiger partial charge >= 0.3 is 5.97 Å². The van der Waals surface area contributed by atoms with Crippen LogP contribution in [0.1, 0.15) is 30.7 Å². The van der Waals surface area contributed by atoms with Gasteiger partial charge in [0.15, 0.2) is 0 Å². The Bertz CT molecular complexity index is 548. The molecule has 0 unspecified atom stereocenters. The quantitative estimate of drug-likeness (QED) is 0.867. The molecule has 2 rings (SSSR count). The third-order valence-electron chi connectivity index (χ3n) is 3.35. The fourth-order valence-electron chi connectivity index (χ4n) is 2.29. The Morgan fingerprint density at radius 3 is 2.86 bits per heavy atom. The SMILES string of the molecule is Cc1cc(C#N)nc(N2CCC(OCCC(=O)O)CC2)n1. The molecule has 1 aliphatic rings. The molecule has 0 radical (unpaired) electrons. The number of aryl methyl sites for hydroxylation is 1. The predicted molar refractivity (Wildman–Crippen MR) is 74.9 cm³/mol. The zero-order valence-corrected chi connectivity index (χ0v) is 11.9. The fourth-order valence-corrected chi connectivity index (χ4v) is 2.29. The van der Waals surface area contributed by atoms with Gasteiger partial charge in [0.2, 0.25) is 5.95 Å². The van der Waals surface area contributed by atoms with E-state index >= 15 is 0 Å². The van der Waals surface area contributed by atoms with Crippen molar-refractivity contribution in [1.82, 2.24) is 9.97 Å². The van der Waals surface area contributed by atoms with Gasteiger partial charge in [-0.1, -0.05) is 0 Å². The summed E-state index contributed by atoms with van der Waals surface area (Å²) in [5.74, 6) is -0.264. The van der Waals surface area contributed by atoms with E-state index in [-0.39, 0.29) is 19.1 Å². The first-order valence-electron chi connectivity index (χ1n) is 6.92. The number of carboxylic acid groups (broad SMARTS) is 1. The summed E-state index contributed by atoms with van der Waals surface area (Å²) in [5, 5.41) is 17.5. The number of anilines is 1. The lowest BCUT2D eigenvalue weighted by atomic mass is 10.1. The van der Waals surface area contributed by atoms with E-state index < -0.39 is 5.97 Å². The highest BCUT2D eigenvalue weighted by atomic mass is 16.5. The minimum absolute atomic E-state index is 0.0345. The van der Waals surface area contributed by atoms with E-state index in [1.54, 1.807) is 6.07 Å². The van der Waals surface area contributed by atoms with E-state index in [9.17, 15) is 4.79 Å². The molecule has 0 aliphatic carbocycles. The number of nitriles is 1. The van der Waals surface area contributed by atoms with Gasteiger partial charge in [-0.15, -0.1) is 0 Å². The number of ether oxygens (including phenoxy) is 1. The summed E-state index contributed by atoms with van der Waals surface area (Å²) in [6.07, 6.45) is 1.73. The molecule has 7 heteroatoms. The van der Waals surface area contributed by atoms with Crippen LogP contribution in [0, 0.1) is 18.3 Å². The maximum Gasteiger partial charge on any atom is 0.305 e. The average molecular weight is 290 g/mol. The maximum absolute atomic E-state index is 10.4. The molecular formula is C14H18N4O3. The van der Waals surface area contributed by atoms with E-state index in [4.69, 9.17) is 15.1 Å².